The van der Waals surface area contributed by atoms with Crippen LogP contribution in [-0.4, -0.2) is 12.9 Å². The summed E-state index contributed by atoms with van der Waals surface area (Å²) < 4.78 is 5.49. The van der Waals surface area contributed by atoms with Crippen molar-refractivity contribution in [3.05, 3.63) is 34.9 Å². The number of unbranched alkanes of at least 4 members (excludes halogenated alkanes) is 1. The lowest BCUT2D eigenvalue weighted by Gasteiger charge is -2.13. The third-order valence-electron chi connectivity index (χ3n) is 4.42. The Morgan fingerprint density at radius 3 is 2.68 bits per heavy atom. The Morgan fingerprint density at radius 1 is 1.41 bits per heavy atom. The van der Waals surface area contributed by atoms with Crippen molar-refractivity contribution in [3.8, 4) is 5.75 Å². The lowest BCUT2D eigenvalue weighted by atomic mass is 9.96. The predicted octanol–water partition coefficient (Wildman–Crippen LogP) is 5.61. The van der Waals surface area contributed by atoms with Crippen molar-refractivity contribution < 1.29 is 9.53 Å². The van der Waals surface area contributed by atoms with Gasteiger partial charge in [-0.3, -0.25) is 4.79 Å². The quantitative estimate of drug-likeness (QED) is 0.583. The highest BCUT2D eigenvalue weighted by Crippen LogP contribution is 2.45. The van der Waals surface area contributed by atoms with Gasteiger partial charge in [-0.2, -0.15) is 0 Å². The first-order valence-corrected chi connectivity index (χ1v) is 8.47. The van der Waals surface area contributed by atoms with E-state index in [9.17, 15) is 4.79 Å². The molecule has 1 aromatic rings. The highest BCUT2D eigenvalue weighted by atomic mass is 16.5. The summed E-state index contributed by atoms with van der Waals surface area (Å²) >= 11 is 0. The lowest BCUT2D eigenvalue weighted by Crippen LogP contribution is -2.01. The van der Waals surface area contributed by atoms with Gasteiger partial charge in [0.05, 0.1) is 7.11 Å². The number of ketones is 1. The molecule has 1 atom stereocenters. The average Bonchev–Trinajstić information content (AvgIpc) is 3.34. The highest BCUT2D eigenvalue weighted by Gasteiger charge is 2.28. The minimum atomic E-state index is 0.0986. The van der Waals surface area contributed by atoms with Crippen LogP contribution >= 0.6 is 0 Å². The molecule has 2 rings (SSSR count). The Bertz CT molecular complexity index is 553. The first kappa shape index (κ1) is 16.8. The van der Waals surface area contributed by atoms with Gasteiger partial charge in [0.1, 0.15) is 5.75 Å². The number of rotatable bonds is 8. The fourth-order valence-electron chi connectivity index (χ4n) is 2.84. The van der Waals surface area contributed by atoms with Gasteiger partial charge in [-0.05, 0) is 61.3 Å². The number of hydrogen-bond acceptors (Lipinski definition) is 2. The van der Waals surface area contributed by atoms with Crippen LogP contribution in [0.1, 0.15) is 80.3 Å². The highest BCUT2D eigenvalue weighted by molar-refractivity contribution is 5.98. The maximum Gasteiger partial charge on any atom is 0.160 e. The molecule has 1 fully saturated rings. The molecule has 1 aromatic carbocycles. The average molecular weight is 300 g/mol. The maximum atomic E-state index is 12.0. The van der Waals surface area contributed by atoms with Crippen LogP contribution in [0.2, 0.25) is 0 Å². The molecule has 0 spiro atoms. The summed E-state index contributed by atoms with van der Waals surface area (Å²) in [4.78, 5) is 12.0. The summed E-state index contributed by atoms with van der Waals surface area (Å²) in [6.45, 7) is 6.09. The van der Waals surface area contributed by atoms with Crippen LogP contribution in [0.15, 0.2) is 18.2 Å². The van der Waals surface area contributed by atoms with E-state index in [1.165, 1.54) is 37.7 Å². The van der Waals surface area contributed by atoms with Crippen LogP contribution in [0.5, 0.6) is 5.75 Å². The van der Waals surface area contributed by atoms with E-state index in [0.29, 0.717) is 11.8 Å². The SMILES string of the molecule is CCCCC(C)/C=C\c1cc(C2CC2)c(OC)cc1C(C)=O. The second-order valence-corrected chi connectivity index (χ2v) is 6.49. The van der Waals surface area contributed by atoms with Crippen LogP contribution in [0.3, 0.4) is 0 Å². The fourth-order valence-corrected chi connectivity index (χ4v) is 2.84. The summed E-state index contributed by atoms with van der Waals surface area (Å²) in [5.41, 5.74) is 3.06. The normalized spacial score (nSPS) is 16.0. The second-order valence-electron chi connectivity index (χ2n) is 6.49. The van der Waals surface area contributed by atoms with Crippen LogP contribution < -0.4 is 4.74 Å². The smallest absolute Gasteiger partial charge is 0.160 e. The molecule has 1 aliphatic rings. The van der Waals surface area contributed by atoms with E-state index in [2.05, 4.69) is 32.1 Å². The van der Waals surface area contributed by atoms with Crippen molar-refractivity contribution in [2.24, 2.45) is 5.92 Å². The Kier molecular flexibility index (Phi) is 5.82. The molecule has 0 radical (unpaired) electrons. The topological polar surface area (TPSA) is 26.3 Å². The molecular weight excluding hydrogens is 272 g/mol. The molecule has 1 unspecified atom stereocenters. The molecule has 0 heterocycles. The van der Waals surface area contributed by atoms with Crippen LogP contribution in [0, 0.1) is 5.92 Å². The molecule has 0 bridgehead atoms. The number of Topliss-reactive ketones (excluding diaryl/α,β-unsaturated/α-hetero) is 1. The van der Waals surface area contributed by atoms with Gasteiger partial charge in [0.2, 0.25) is 0 Å². The molecule has 0 N–H and O–H groups in total. The van der Waals surface area contributed by atoms with Gasteiger partial charge in [0.15, 0.2) is 5.78 Å². The van der Waals surface area contributed by atoms with Gasteiger partial charge in [0.25, 0.3) is 0 Å². The number of methoxy groups -OCH3 is 1. The van der Waals surface area contributed by atoms with E-state index < -0.39 is 0 Å². The fraction of sp³-hybridized carbons (Fsp3) is 0.550. The number of carbonyl (C=O) groups is 1. The van der Waals surface area contributed by atoms with Crippen molar-refractivity contribution in [2.45, 2.75) is 58.8 Å². The first-order valence-electron chi connectivity index (χ1n) is 8.47. The summed E-state index contributed by atoms with van der Waals surface area (Å²) in [6.07, 6.45) is 10.5. The zero-order valence-corrected chi connectivity index (χ0v) is 14.3. The summed E-state index contributed by atoms with van der Waals surface area (Å²) in [7, 11) is 1.69. The summed E-state index contributed by atoms with van der Waals surface area (Å²) in [5, 5.41) is 0. The molecule has 0 amide bonds. The molecule has 2 nitrogen and oxygen atoms in total. The van der Waals surface area contributed by atoms with Crippen molar-refractivity contribution in [1.82, 2.24) is 0 Å². The van der Waals surface area contributed by atoms with Crippen molar-refractivity contribution in [2.75, 3.05) is 7.11 Å². The number of allylic oxidation sites excluding steroid dienone is 1. The van der Waals surface area contributed by atoms with Gasteiger partial charge >= 0.3 is 0 Å². The number of carbonyl (C=O) groups excluding carboxylic acids is 1. The molecule has 22 heavy (non-hydrogen) atoms. The second kappa shape index (κ2) is 7.62. The van der Waals surface area contributed by atoms with Gasteiger partial charge in [-0.15, -0.1) is 0 Å². The Balaban J connectivity index is 2.29. The molecule has 0 saturated heterocycles. The minimum absolute atomic E-state index is 0.0986. The van der Waals surface area contributed by atoms with Crippen molar-refractivity contribution in [1.29, 1.82) is 0 Å². The minimum Gasteiger partial charge on any atom is -0.496 e. The summed E-state index contributed by atoms with van der Waals surface area (Å²) in [6, 6.07) is 4.09. The van der Waals surface area contributed by atoms with Gasteiger partial charge in [-0.1, -0.05) is 38.8 Å². The Morgan fingerprint density at radius 2 is 2.14 bits per heavy atom. The monoisotopic (exact) mass is 300 g/mol. The predicted molar refractivity (Wildman–Crippen MR) is 92.7 cm³/mol. The number of ether oxygens (including phenoxy) is 1. The van der Waals surface area contributed by atoms with Crippen LogP contribution in [0.25, 0.3) is 6.08 Å². The Hall–Kier alpha value is -1.57. The largest absolute Gasteiger partial charge is 0.496 e. The van der Waals surface area contributed by atoms with Crippen molar-refractivity contribution >= 4 is 11.9 Å². The first-order chi connectivity index (χ1) is 10.6. The lowest BCUT2D eigenvalue weighted by molar-refractivity contribution is 0.101. The zero-order valence-electron chi connectivity index (χ0n) is 14.3. The molecular formula is C20H28O2. The van der Waals surface area contributed by atoms with Crippen LogP contribution in [0.4, 0.5) is 0 Å². The van der Waals surface area contributed by atoms with Gasteiger partial charge in [0, 0.05) is 5.56 Å². The molecule has 0 aliphatic heterocycles. The zero-order chi connectivity index (χ0) is 16.1. The van der Waals surface area contributed by atoms with Gasteiger partial charge in [-0.25, -0.2) is 0 Å². The molecule has 2 heteroatoms. The summed E-state index contributed by atoms with van der Waals surface area (Å²) in [5.74, 6) is 2.12. The van der Waals surface area contributed by atoms with E-state index in [-0.39, 0.29) is 5.78 Å². The molecule has 120 valence electrons. The third kappa shape index (κ3) is 4.22. The molecule has 1 saturated carbocycles. The van der Waals surface area contributed by atoms with E-state index in [4.69, 9.17) is 4.74 Å². The van der Waals surface area contributed by atoms with E-state index in [0.717, 1.165) is 16.9 Å². The van der Waals surface area contributed by atoms with Crippen LogP contribution in [-0.2, 0) is 0 Å². The number of hydrogen-bond donors (Lipinski definition) is 0. The molecule has 1 aliphatic carbocycles. The van der Waals surface area contributed by atoms with Crippen molar-refractivity contribution in [3.63, 3.8) is 0 Å². The van der Waals surface area contributed by atoms with Gasteiger partial charge < -0.3 is 4.74 Å². The molecule has 0 aromatic heterocycles. The maximum absolute atomic E-state index is 12.0. The number of benzene rings is 1. The third-order valence-corrected chi connectivity index (χ3v) is 4.42. The van der Waals surface area contributed by atoms with E-state index in [1.807, 2.05) is 6.07 Å². The standard InChI is InChI=1S/C20H28O2/c1-5-6-7-14(2)8-9-17-12-19(16-10-11-16)20(22-4)13-18(17)15(3)21/h8-9,12-14,16H,5-7,10-11H2,1-4H3/b9-8-. The van der Waals surface area contributed by atoms with E-state index in [1.54, 1.807) is 14.0 Å². The Labute approximate surface area is 134 Å². The van der Waals surface area contributed by atoms with E-state index >= 15 is 0 Å².